The topological polar surface area (TPSA) is 133 Å². The fraction of sp³-hybridized carbons (Fsp3) is 0.368. The van der Waals surface area contributed by atoms with Crippen LogP contribution in [0.25, 0.3) is 43.1 Å². The van der Waals surface area contributed by atoms with Crippen molar-refractivity contribution in [3.8, 4) is 0 Å². The third kappa shape index (κ3) is 5.11. The minimum absolute atomic E-state index is 0.279. The van der Waals surface area contributed by atoms with Crippen LogP contribution in [0, 0.1) is 0 Å². The van der Waals surface area contributed by atoms with Gasteiger partial charge in [0.05, 0.1) is 0 Å². The number of carbonyl (C=O) groups excluding carboxylic acids is 4. The van der Waals surface area contributed by atoms with Gasteiger partial charge in [0.15, 0.2) is 0 Å². The molecule has 0 atom stereocenters. The maximum Gasteiger partial charge on any atom is 0.261 e. The van der Waals surface area contributed by atoms with Crippen molar-refractivity contribution < 1.29 is 19.2 Å². The molecule has 0 spiro atoms. The predicted molar refractivity (Wildman–Crippen MR) is 190 cm³/mol. The molecule has 7 rings (SSSR count). The van der Waals surface area contributed by atoms with E-state index in [0.29, 0.717) is 72.0 Å². The molecular weight excluding hydrogens is 604 g/mol. The summed E-state index contributed by atoms with van der Waals surface area (Å²) >= 11 is 0. The molecule has 10 heteroatoms. The Morgan fingerprint density at radius 2 is 0.750 bits per heavy atom. The number of amides is 4. The van der Waals surface area contributed by atoms with Crippen LogP contribution in [0.15, 0.2) is 48.5 Å². The number of carbonyl (C=O) groups is 4. The molecule has 0 fully saturated rings. The van der Waals surface area contributed by atoms with E-state index in [1.807, 2.05) is 62.6 Å². The molecule has 0 aliphatic carbocycles. The van der Waals surface area contributed by atoms with E-state index >= 15 is 0 Å². The van der Waals surface area contributed by atoms with Gasteiger partial charge in [0.2, 0.25) is 0 Å². The Labute approximate surface area is 279 Å². The summed E-state index contributed by atoms with van der Waals surface area (Å²) in [5.74, 6) is -1.12. The molecule has 0 saturated carbocycles. The molecule has 4 N–H and O–H groups in total. The second kappa shape index (κ2) is 12.9. The van der Waals surface area contributed by atoms with Crippen LogP contribution >= 0.6 is 0 Å². The van der Waals surface area contributed by atoms with E-state index in [4.69, 9.17) is 11.5 Å². The van der Waals surface area contributed by atoms with Crippen LogP contribution < -0.4 is 11.5 Å². The third-order valence-corrected chi connectivity index (χ3v) is 10.1. The smallest absolute Gasteiger partial charge is 0.261 e. The van der Waals surface area contributed by atoms with Crippen LogP contribution in [-0.2, 0) is 0 Å². The average Bonchev–Trinajstić information content (AvgIpc) is 3.09. The molecule has 5 aromatic carbocycles. The molecule has 248 valence electrons. The van der Waals surface area contributed by atoms with Crippen molar-refractivity contribution in [2.24, 2.45) is 11.5 Å². The minimum atomic E-state index is -0.279. The Morgan fingerprint density at radius 3 is 1.04 bits per heavy atom. The van der Waals surface area contributed by atoms with Gasteiger partial charge >= 0.3 is 0 Å². The lowest BCUT2D eigenvalue weighted by atomic mass is 9.82. The number of imide groups is 2. The van der Waals surface area contributed by atoms with Crippen molar-refractivity contribution in [3.05, 3.63) is 70.8 Å². The Bertz CT molecular complexity index is 1840. The molecule has 5 aromatic rings. The Morgan fingerprint density at radius 1 is 0.458 bits per heavy atom. The first-order valence-corrected chi connectivity index (χ1v) is 17.0. The quantitative estimate of drug-likeness (QED) is 0.104. The van der Waals surface area contributed by atoms with Crippen molar-refractivity contribution in [3.63, 3.8) is 0 Å². The van der Waals surface area contributed by atoms with E-state index < -0.39 is 0 Å². The molecule has 2 aliphatic heterocycles. The van der Waals surface area contributed by atoms with Gasteiger partial charge < -0.3 is 21.3 Å². The van der Waals surface area contributed by atoms with Crippen molar-refractivity contribution in [2.75, 3.05) is 66.5 Å². The van der Waals surface area contributed by atoms with Crippen LogP contribution in [0.5, 0.6) is 0 Å². The normalized spacial score (nSPS) is 14.9. The van der Waals surface area contributed by atoms with Crippen LogP contribution in [0.2, 0.25) is 0 Å². The molecule has 10 nitrogen and oxygen atoms in total. The highest BCUT2D eigenvalue weighted by Gasteiger charge is 2.36. The number of rotatable bonds is 14. The number of benzene rings is 5. The summed E-state index contributed by atoms with van der Waals surface area (Å²) in [5, 5.41) is 6.62. The monoisotopic (exact) mass is 646 g/mol. The molecule has 0 radical (unpaired) electrons. The lowest BCUT2D eigenvalue weighted by molar-refractivity contribution is 0.0589. The molecule has 2 aliphatic rings. The average molecular weight is 647 g/mol. The van der Waals surface area contributed by atoms with Crippen LogP contribution in [0.4, 0.5) is 0 Å². The predicted octanol–water partition coefficient (Wildman–Crippen LogP) is 4.27. The van der Waals surface area contributed by atoms with Crippen LogP contribution in [0.3, 0.4) is 0 Å². The molecule has 48 heavy (non-hydrogen) atoms. The van der Waals surface area contributed by atoms with Crippen molar-refractivity contribution in [1.29, 1.82) is 0 Å². The van der Waals surface area contributed by atoms with Crippen molar-refractivity contribution >= 4 is 66.7 Å². The Hall–Kier alpha value is -4.48. The summed E-state index contributed by atoms with van der Waals surface area (Å²) in [6, 6.07) is 15.1. The summed E-state index contributed by atoms with van der Waals surface area (Å²) in [6.45, 7) is 5.20. The van der Waals surface area contributed by atoms with Gasteiger partial charge in [-0.3, -0.25) is 29.0 Å². The van der Waals surface area contributed by atoms with E-state index in [-0.39, 0.29) is 23.6 Å². The van der Waals surface area contributed by atoms with Crippen LogP contribution in [-0.4, -0.2) is 110 Å². The zero-order valence-corrected chi connectivity index (χ0v) is 27.7. The van der Waals surface area contributed by atoms with E-state index in [2.05, 4.69) is 9.80 Å². The van der Waals surface area contributed by atoms with Gasteiger partial charge in [-0.25, -0.2) is 0 Å². The lowest BCUT2D eigenvalue weighted by Gasteiger charge is -2.30. The van der Waals surface area contributed by atoms with E-state index in [0.717, 1.165) is 71.3 Å². The van der Waals surface area contributed by atoms with Gasteiger partial charge in [0.25, 0.3) is 23.6 Å². The Balaban J connectivity index is 1.26. The highest BCUT2D eigenvalue weighted by molar-refractivity contribution is 6.41. The maximum atomic E-state index is 13.8. The fourth-order valence-electron chi connectivity index (χ4n) is 7.72. The molecule has 0 aromatic heterocycles. The second-order valence-electron chi connectivity index (χ2n) is 13.3. The molecule has 0 saturated heterocycles. The zero-order valence-electron chi connectivity index (χ0n) is 27.7. The number of nitrogens with two attached hydrogens (primary N) is 2. The van der Waals surface area contributed by atoms with Crippen LogP contribution in [0.1, 0.15) is 67.1 Å². The lowest BCUT2D eigenvalue weighted by Crippen LogP contribution is -2.42. The molecule has 2 heterocycles. The summed E-state index contributed by atoms with van der Waals surface area (Å²) in [6.07, 6.45) is 3.15. The molecular formula is C38H42N6O4. The SMILES string of the molecule is CN(CCCN)CCCN1C(=O)c2ccc3c4ccc5c6c(ccc(c7ccc(c2c37)C1=O)c64)C(=O)N(CCCN(C)CCCN)C5=O. The summed E-state index contributed by atoms with van der Waals surface area (Å²) < 4.78 is 0. The fourth-order valence-corrected chi connectivity index (χ4v) is 7.72. The largest absolute Gasteiger partial charge is 0.330 e. The maximum absolute atomic E-state index is 13.8. The van der Waals surface area contributed by atoms with E-state index in [1.165, 1.54) is 9.80 Å². The van der Waals surface area contributed by atoms with Gasteiger partial charge in [0.1, 0.15) is 0 Å². The first-order chi connectivity index (χ1) is 23.3. The van der Waals surface area contributed by atoms with E-state index in [9.17, 15) is 19.2 Å². The number of fused-ring (bicyclic) bond motifs is 2. The highest BCUT2D eigenvalue weighted by Crippen LogP contribution is 2.46. The summed E-state index contributed by atoms with van der Waals surface area (Å²) in [7, 11) is 4.04. The van der Waals surface area contributed by atoms with Crippen molar-refractivity contribution in [1.82, 2.24) is 19.6 Å². The molecule has 0 bridgehead atoms. The van der Waals surface area contributed by atoms with Gasteiger partial charge in [-0.2, -0.15) is 0 Å². The summed E-state index contributed by atoms with van der Waals surface area (Å²) in [4.78, 5) is 62.3. The van der Waals surface area contributed by atoms with Gasteiger partial charge in [-0.15, -0.1) is 0 Å². The molecule has 0 unspecified atom stereocenters. The van der Waals surface area contributed by atoms with E-state index in [1.54, 1.807) is 0 Å². The van der Waals surface area contributed by atoms with Gasteiger partial charge in [-0.1, -0.05) is 24.3 Å². The second-order valence-corrected chi connectivity index (χ2v) is 13.3. The van der Waals surface area contributed by atoms with Crippen molar-refractivity contribution in [2.45, 2.75) is 25.7 Å². The number of hydrogen-bond donors (Lipinski definition) is 2. The number of nitrogens with zero attached hydrogens (tertiary/aromatic N) is 4. The summed E-state index contributed by atoms with van der Waals surface area (Å²) in [5.41, 5.74) is 13.4. The van der Waals surface area contributed by atoms with Gasteiger partial charge in [-0.05, 0) is 136 Å². The highest BCUT2D eigenvalue weighted by atomic mass is 16.2. The van der Waals surface area contributed by atoms with Gasteiger partial charge in [0, 0.05) is 46.1 Å². The zero-order chi connectivity index (χ0) is 33.7. The minimum Gasteiger partial charge on any atom is -0.330 e. The standard InChI is InChI=1S/C38H42N6O4/c1-41(17-3-15-39)19-5-21-43-35(45)27-11-7-23-25-9-13-29-34-30(38(48)44(37(29)47)22-6-20-42(2)18-4-16-40)14-10-26(32(25)34)24-8-12-28(36(43)46)33(27)31(23)24/h7-14H,3-6,15-22,39-40H2,1-2H3. The Kier molecular flexibility index (Phi) is 8.59. The first-order valence-electron chi connectivity index (χ1n) is 17.0. The third-order valence-electron chi connectivity index (χ3n) is 10.1. The first kappa shape index (κ1) is 32.1. The molecule has 4 amide bonds. The number of hydrogen-bond acceptors (Lipinski definition) is 8.